The Hall–Kier alpha value is -1.55. The molecule has 1 saturated heterocycles. The van der Waals surface area contributed by atoms with Crippen molar-refractivity contribution in [1.29, 1.82) is 0 Å². The highest BCUT2D eigenvalue weighted by molar-refractivity contribution is 5.70. The standard InChI is InChI=1S/C15H22N2O2/c1-2-13(15(18)19)12-16-8-10-17(11-9-16)14-6-4-3-5-7-14/h3-7,13H,2,8-12H2,1H3,(H,18,19). The summed E-state index contributed by atoms with van der Waals surface area (Å²) in [5, 5.41) is 9.10. The molecule has 4 heteroatoms. The summed E-state index contributed by atoms with van der Waals surface area (Å²) in [6, 6.07) is 10.4. The smallest absolute Gasteiger partial charge is 0.307 e. The van der Waals surface area contributed by atoms with Gasteiger partial charge in [0.1, 0.15) is 0 Å². The molecule has 1 heterocycles. The van der Waals surface area contributed by atoms with E-state index in [1.54, 1.807) is 0 Å². The van der Waals surface area contributed by atoms with Crippen molar-refractivity contribution in [1.82, 2.24) is 4.90 Å². The Morgan fingerprint density at radius 3 is 2.37 bits per heavy atom. The summed E-state index contributed by atoms with van der Waals surface area (Å²) >= 11 is 0. The first-order chi connectivity index (χ1) is 9.20. The van der Waals surface area contributed by atoms with Crippen molar-refractivity contribution >= 4 is 11.7 Å². The number of hydrogen-bond donors (Lipinski definition) is 1. The van der Waals surface area contributed by atoms with Crippen molar-refractivity contribution in [3.63, 3.8) is 0 Å². The Labute approximate surface area is 114 Å². The molecule has 1 N–H and O–H groups in total. The van der Waals surface area contributed by atoms with E-state index in [4.69, 9.17) is 5.11 Å². The summed E-state index contributed by atoms with van der Waals surface area (Å²) in [7, 11) is 0. The summed E-state index contributed by atoms with van der Waals surface area (Å²) in [4.78, 5) is 15.7. The normalized spacial score (nSPS) is 18.3. The Morgan fingerprint density at radius 2 is 1.84 bits per heavy atom. The summed E-state index contributed by atoms with van der Waals surface area (Å²) < 4.78 is 0. The minimum absolute atomic E-state index is 0.233. The molecule has 1 aromatic carbocycles. The van der Waals surface area contributed by atoms with Gasteiger partial charge in [-0.3, -0.25) is 9.69 Å². The van der Waals surface area contributed by atoms with Gasteiger partial charge in [-0.05, 0) is 18.6 Å². The van der Waals surface area contributed by atoms with Crippen molar-refractivity contribution in [3.05, 3.63) is 30.3 Å². The number of carboxylic acid groups (broad SMARTS) is 1. The molecule has 19 heavy (non-hydrogen) atoms. The molecule has 0 amide bonds. The lowest BCUT2D eigenvalue weighted by Gasteiger charge is -2.37. The van der Waals surface area contributed by atoms with Crippen LogP contribution in [0.25, 0.3) is 0 Å². The molecule has 1 unspecified atom stereocenters. The SMILES string of the molecule is CCC(CN1CCN(c2ccccc2)CC1)C(=O)O. The first-order valence-corrected chi connectivity index (χ1v) is 6.96. The monoisotopic (exact) mass is 262 g/mol. The molecule has 1 aliphatic rings. The van der Waals surface area contributed by atoms with Gasteiger partial charge in [-0.25, -0.2) is 0 Å². The van der Waals surface area contributed by atoms with Crippen LogP contribution in [0.3, 0.4) is 0 Å². The van der Waals surface area contributed by atoms with E-state index in [9.17, 15) is 4.79 Å². The van der Waals surface area contributed by atoms with Gasteiger partial charge in [0.05, 0.1) is 5.92 Å². The predicted molar refractivity (Wildman–Crippen MR) is 76.5 cm³/mol. The predicted octanol–water partition coefficient (Wildman–Crippen LogP) is 1.92. The fourth-order valence-corrected chi connectivity index (χ4v) is 2.52. The second kappa shape index (κ2) is 6.57. The molecule has 1 atom stereocenters. The van der Waals surface area contributed by atoms with E-state index in [1.165, 1.54) is 5.69 Å². The lowest BCUT2D eigenvalue weighted by atomic mass is 10.1. The van der Waals surface area contributed by atoms with Crippen LogP contribution in [0, 0.1) is 5.92 Å². The Balaban J connectivity index is 1.84. The van der Waals surface area contributed by atoms with Crippen LogP contribution in [0.5, 0.6) is 0 Å². The van der Waals surface area contributed by atoms with Gasteiger partial charge in [0.15, 0.2) is 0 Å². The van der Waals surface area contributed by atoms with E-state index in [0.29, 0.717) is 13.0 Å². The highest BCUT2D eigenvalue weighted by atomic mass is 16.4. The van der Waals surface area contributed by atoms with Crippen molar-refractivity contribution in [3.8, 4) is 0 Å². The van der Waals surface area contributed by atoms with Gasteiger partial charge in [0.2, 0.25) is 0 Å². The van der Waals surface area contributed by atoms with E-state index in [2.05, 4.69) is 34.1 Å². The minimum atomic E-state index is -0.673. The molecular weight excluding hydrogens is 240 g/mol. The summed E-state index contributed by atoms with van der Waals surface area (Å²) in [5.41, 5.74) is 1.26. The van der Waals surface area contributed by atoms with E-state index < -0.39 is 5.97 Å². The fourth-order valence-electron chi connectivity index (χ4n) is 2.52. The van der Waals surface area contributed by atoms with E-state index in [-0.39, 0.29) is 5.92 Å². The average Bonchev–Trinajstić information content (AvgIpc) is 2.46. The first kappa shape index (κ1) is 13.9. The van der Waals surface area contributed by atoms with Crippen molar-refractivity contribution in [2.75, 3.05) is 37.6 Å². The number of rotatable bonds is 5. The molecule has 104 valence electrons. The third-order valence-electron chi connectivity index (χ3n) is 3.81. The molecule has 1 aromatic rings. The second-order valence-corrected chi connectivity index (χ2v) is 5.07. The molecule has 0 aliphatic carbocycles. The molecule has 0 radical (unpaired) electrons. The molecule has 0 bridgehead atoms. The van der Waals surface area contributed by atoms with Gasteiger partial charge in [-0.2, -0.15) is 0 Å². The number of hydrogen-bond acceptors (Lipinski definition) is 3. The molecule has 0 saturated carbocycles. The van der Waals surface area contributed by atoms with Gasteiger partial charge in [-0.1, -0.05) is 25.1 Å². The topological polar surface area (TPSA) is 43.8 Å². The number of piperazine rings is 1. The molecule has 1 aliphatic heterocycles. The van der Waals surface area contributed by atoms with Crippen LogP contribution in [-0.2, 0) is 4.79 Å². The maximum atomic E-state index is 11.1. The van der Waals surface area contributed by atoms with Crippen LogP contribution in [-0.4, -0.2) is 48.7 Å². The average molecular weight is 262 g/mol. The zero-order valence-corrected chi connectivity index (χ0v) is 11.5. The highest BCUT2D eigenvalue weighted by Crippen LogP contribution is 2.16. The maximum absolute atomic E-state index is 11.1. The molecule has 1 fully saturated rings. The van der Waals surface area contributed by atoms with Crippen LogP contribution in [0.4, 0.5) is 5.69 Å². The van der Waals surface area contributed by atoms with E-state index in [0.717, 1.165) is 26.2 Å². The Bertz CT molecular complexity index is 400. The number of anilines is 1. The molecule has 4 nitrogen and oxygen atoms in total. The lowest BCUT2D eigenvalue weighted by Crippen LogP contribution is -2.48. The van der Waals surface area contributed by atoms with Crippen molar-refractivity contribution in [2.45, 2.75) is 13.3 Å². The number of nitrogens with zero attached hydrogens (tertiary/aromatic N) is 2. The maximum Gasteiger partial charge on any atom is 0.307 e. The highest BCUT2D eigenvalue weighted by Gasteiger charge is 2.22. The number of aliphatic carboxylic acids is 1. The molecule has 0 aromatic heterocycles. The number of benzene rings is 1. The Kier molecular flexibility index (Phi) is 4.80. The van der Waals surface area contributed by atoms with Crippen LogP contribution in [0.15, 0.2) is 30.3 Å². The quantitative estimate of drug-likeness (QED) is 0.880. The summed E-state index contributed by atoms with van der Waals surface area (Å²) in [6.45, 7) is 6.45. The lowest BCUT2D eigenvalue weighted by molar-refractivity contribution is -0.142. The van der Waals surface area contributed by atoms with Gasteiger partial charge in [0, 0.05) is 38.4 Å². The largest absolute Gasteiger partial charge is 0.481 e. The minimum Gasteiger partial charge on any atom is -0.481 e. The van der Waals surface area contributed by atoms with Crippen molar-refractivity contribution in [2.24, 2.45) is 5.92 Å². The summed E-state index contributed by atoms with van der Waals surface area (Å²) in [6.07, 6.45) is 0.703. The van der Waals surface area contributed by atoms with Gasteiger partial charge < -0.3 is 10.0 Å². The molecule has 2 rings (SSSR count). The fraction of sp³-hybridized carbons (Fsp3) is 0.533. The number of carbonyl (C=O) groups is 1. The van der Waals surface area contributed by atoms with Crippen LogP contribution < -0.4 is 4.90 Å². The zero-order chi connectivity index (χ0) is 13.7. The molecule has 0 spiro atoms. The Morgan fingerprint density at radius 1 is 1.21 bits per heavy atom. The van der Waals surface area contributed by atoms with Crippen molar-refractivity contribution < 1.29 is 9.90 Å². The van der Waals surface area contributed by atoms with Gasteiger partial charge >= 0.3 is 5.97 Å². The van der Waals surface area contributed by atoms with Gasteiger partial charge in [0.25, 0.3) is 0 Å². The van der Waals surface area contributed by atoms with Gasteiger partial charge in [-0.15, -0.1) is 0 Å². The van der Waals surface area contributed by atoms with Crippen LogP contribution in [0.2, 0.25) is 0 Å². The third-order valence-corrected chi connectivity index (χ3v) is 3.81. The second-order valence-electron chi connectivity index (χ2n) is 5.07. The number of para-hydroxylation sites is 1. The summed E-state index contributed by atoms with van der Waals surface area (Å²) in [5.74, 6) is -0.906. The molecular formula is C15H22N2O2. The van der Waals surface area contributed by atoms with Crippen LogP contribution >= 0.6 is 0 Å². The number of carboxylic acids is 1. The zero-order valence-electron chi connectivity index (χ0n) is 11.5. The third kappa shape index (κ3) is 3.70. The van der Waals surface area contributed by atoms with Crippen LogP contribution in [0.1, 0.15) is 13.3 Å². The van der Waals surface area contributed by atoms with E-state index >= 15 is 0 Å². The van der Waals surface area contributed by atoms with E-state index in [1.807, 2.05) is 13.0 Å². The first-order valence-electron chi connectivity index (χ1n) is 6.96.